The second kappa shape index (κ2) is 8.20. The fourth-order valence-electron chi connectivity index (χ4n) is 5.61. The molecule has 0 spiro atoms. The lowest BCUT2D eigenvalue weighted by molar-refractivity contribution is -0.658. The highest BCUT2D eigenvalue weighted by atomic mass is 14.9. The van der Waals surface area contributed by atoms with Crippen molar-refractivity contribution in [1.29, 1.82) is 0 Å². The van der Waals surface area contributed by atoms with Gasteiger partial charge in [-0.1, -0.05) is 60.4 Å². The maximum atomic E-state index is 2.50. The highest BCUT2D eigenvalue weighted by Gasteiger charge is 2.24. The molecule has 1 aliphatic rings. The predicted molar refractivity (Wildman–Crippen MR) is 136 cm³/mol. The van der Waals surface area contributed by atoms with E-state index in [-0.39, 0.29) is 0 Å². The van der Waals surface area contributed by atoms with E-state index in [4.69, 9.17) is 0 Å². The molecule has 1 heterocycles. The van der Waals surface area contributed by atoms with Gasteiger partial charge in [0.25, 0.3) is 0 Å². The van der Waals surface area contributed by atoms with E-state index in [1.807, 2.05) is 0 Å². The van der Waals surface area contributed by atoms with Gasteiger partial charge in [0.1, 0.15) is 7.05 Å². The Morgan fingerprint density at radius 3 is 2.16 bits per heavy atom. The van der Waals surface area contributed by atoms with Crippen LogP contribution in [0.15, 0.2) is 60.8 Å². The molecule has 4 aromatic rings. The van der Waals surface area contributed by atoms with Crippen LogP contribution in [0.3, 0.4) is 0 Å². The highest BCUT2D eigenvalue weighted by Crippen LogP contribution is 2.40. The van der Waals surface area contributed by atoms with Crippen LogP contribution in [-0.2, 0) is 7.05 Å². The van der Waals surface area contributed by atoms with Crippen LogP contribution in [0.5, 0.6) is 0 Å². The first kappa shape index (κ1) is 20.9. The largest absolute Gasteiger partial charge is 0.220 e. The Labute approximate surface area is 192 Å². The average molecular weight is 421 g/mol. The van der Waals surface area contributed by atoms with E-state index in [0.29, 0.717) is 5.92 Å². The summed E-state index contributed by atoms with van der Waals surface area (Å²) in [6.45, 7) is 8.85. The quantitative estimate of drug-likeness (QED) is 0.297. The summed E-state index contributed by atoms with van der Waals surface area (Å²) in [5.41, 5.74) is 12.2. The van der Waals surface area contributed by atoms with Crippen molar-refractivity contribution in [1.82, 2.24) is 0 Å². The van der Waals surface area contributed by atoms with Crippen molar-refractivity contribution in [2.75, 3.05) is 0 Å². The maximum absolute atomic E-state index is 2.50. The fraction of sp³-hybridized carbons (Fsp3) is 0.323. The van der Waals surface area contributed by atoms with Crippen molar-refractivity contribution in [3.05, 3.63) is 88.6 Å². The smallest absolute Gasteiger partial charge is 0.200 e. The molecule has 1 fully saturated rings. The maximum Gasteiger partial charge on any atom is 0.220 e. The third-order valence-electron chi connectivity index (χ3n) is 7.52. The van der Waals surface area contributed by atoms with Gasteiger partial charge in [-0.2, -0.15) is 4.57 Å². The molecule has 162 valence electrons. The van der Waals surface area contributed by atoms with Crippen LogP contribution in [0.2, 0.25) is 0 Å². The minimum Gasteiger partial charge on any atom is -0.200 e. The van der Waals surface area contributed by atoms with Crippen molar-refractivity contribution in [3.63, 3.8) is 0 Å². The van der Waals surface area contributed by atoms with Gasteiger partial charge in [-0.3, -0.25) is 0 Å². The Bertz CT molecular complexity index is 1310. The summed E-state index contributed by atoms with van der Waals surface area (Å²) in [4.78, 5) is 0. The van der Waals surface area contributed by atoms with Crippen molar-refractivity contribution in [3.8, 4) is 22.4 Å². The van der Waals surface area contributed by atoms with Gasteiger partial charge < -0.3 is 0 Å². The zero-order chi connectivity index (χ0) is 22.4. The number of fused-ring (bicyclic) bond motifs is 1. The number of aromatic nitrogens is 1. The summed E-state index contributed by atoms with van der Waals surface area (Å²) in [5, 5.41) is 2.73. The van der Waals surface area contributed by atoms with E-state index in [9.17, 15) is 0 Å². The second-order valence-electron chi connectivity index (χ2n) is 9.91. The zero-order valence-corrected chi connectivity index (χ0v) is 20.1. The average Bonchev–Trinajstić information content (AvgIpc) is 3.31. The van der Waals surface area contributed by atoms with Crippen molar-refractivity contribution >= 4 is 10.8 Å². The van der Waals surface area contributed by atoms with Crippen LogP contribution in [0.25, 0.3) is 33.2 Å². The lowest BCUT2D eigenvalue weighted by Gasteiger charge is -2.16. The fourth-order valence-corrected chi connectivity index (χ4v) is 5.61. The molecule has 1 aliphatic carbocycles. The standard InChI is InChI=1S/C31H34N/c1-20-10-12-25(13-11-20)30-19-32(5)31(28-17-21(2)16-22(3)23(28)4)27-15-14-26(18-29(27)30)24-8-6-7-9-24/h10-19,24H,6-9H2,1-5H3/q+1. The normalized spacial score (nSPS) is 14.4. The third kappa shape index (κ3) is 3.64. The van der Waals surface area contributed by atoms with Crippen LogP contribution in [0, 0.1) is 27.7 Å². The van der Waals surface area contributed by atoms with Crippen LogP contribution < -0.4 is 4.57 Å². The molecule has 1 heteroatoms. The molecule has 1 nitrogen and oxygen atoms in total. The number of benzene rings is 3. The Balaban J connectivity index is 1.82. The Hall–Kier alpha value is -2.93. The first-order chi connectivity index (χ1) is 15.4. The van der Waals surface area contributed by atoms with Gasteiger partial charge in [0.15, 0.2) is 6.20 Å². The zero-order valence-electron chi connectivity index (χ0n) is 20.1. The molecule has 0 amide bonds. The van der Waals surface area contributed by atoms with E-state index in [0.717, 1.165) is 0 Å². The monoisotopic (exact) mass is 420 g/mol. The lowest BCUT2D eigenvalue weighted by Crippen LogP contribution is -2.31. The lowest BCUT2D eigenvalue weighted by atomic mass is 9.89. The van der Waals surface area contributed by atoms with E-state index in [1.54, 1.807) is 0 Å². The summed E-state index contributed by atoms with van der Waals surface area (Å²) in [7, 11) is 2.20. The van der Waals surface area contributed by atoms with Crippen molar-refractivity contribution in [2.24, 2.45) is 7.05 Å². The van der Waals surface area contributed by atoms with Gasteiger partial charge in [0.2, 0.25) is 5.69 Å². The molecule has 0 N–H and O–H groups in total. The summed E-state index contributed by atoms with van der Waals surface area (Å²) in [6, 6.07) is 20.9. The summed E-state index contributed by atoms with van der Waals surface area (Å²) in [5.74, 6) is 0.714. The van der Waals surface area contributed by atoms with Gasteiger partial charge in [0.05, 0.1) is 16.5 Å². The Morgan fingerprint density at radius 1 is 0.719 bits per heavy atom. The van der Waals surface area contributed by atoms with Gasteiger partial charge in [0, 0.05) is 5.39 Å². The molecule has 3 aromatic carbocycles. The third-order valence-corrected chi connectivity index (χ3v) is 7.52. The van der Waals surface area contributed by atoms with E-state index in [1.165, 1.54) is 86.7 Å². The van der Waals surface area contributed by atoms with E-state index in [2.05, 4.69) is 100 Å². The number of hydrogen-bond acceptors (Lipinski definition) is 0. The predicted octanol–water partition coefficient (Wildman–Crippen LogP) is 7.89. The molecular formula is C31H34N+. The first-order valence-corrected chi connectivity index (χ1v) is 12.0. The summed E-state index contributed by atoms with van der Waals surface area (Å²) in [6.07, 6.45) is 7.73. The van der Waals surface area contributed by atoms with Gasteiger partial charge in [-0.15, -0.1) is 0 Å². The molecule has 0 bridgehead atoms. The molecule has 32 heavy (non-hydrogen) atoms. The Morgan fingerprint density at radius 2 is 1.44 bits per heavy atom. The molecule has 1 aromatic heterocycles. The topological polar surface area (TPSA) is 3.88 Å². The molecular weight excluding hydrogens is 386 g/mol. The van der Waals surface area contributed by atoms with Crippen LogP contribution in [-0.4, -0.2) is 0 Å². The van der Waals surface area contributed by atoms with Crippen molar-refractivity contribution in [2.45, 2.75) is 59.3 Å². The molecule has 0 atom stereocenters. The summed E-state index contributed by atoms with van der Waals surface area (Å²) >= 11 is 0. The van der Waals surface area contributed by atoms with Crippen molar-refractivity contribution < 1.29 is 4.57 Å². The SMILES string of the molecule is Cc1ccc(-c2c[n+](C)c(-c3cc(C)cc(C)c3C)c3ccc(C4CCCC4)cc23)cc1. The van der Waals surface area contributed by atoms with Gasteiger partial charge in [-0.05, 0) is 86.9 Å². The molecule has 0 unspecified atom stereocenters. The highest BCUT2D eigenvalue weighted by molar-refractivity contribution is 6.02. The first-order valence-electron chi connectivity index (χ1n) is 12.0. The number of aryl methyl sites for hydroxylation is 4. The van der Waals surface area contributed by atoms with Gasteiger partial charge >= 0.3 is 0 Å². The molecule has 0 radical (unpaired) electrons. The summed E-state index contributed by atoms with van der Waals surface area (Å²) < 4.78 is 2.34. The number of rotatable bonds is 3. The minimum atomic E-state index is 0.714. The minimum absolute atomic E-state index is 0.714. The number of pyridine rings is 1. The van der Waals surface area contributed by atoms with Crippen LogP contribution in [0.4, 0.5) is 0 Å². The molecule has 0 saturated heterocycles. The van der Waals surface area contributed by atoms with E-state index < -0.39 is 0 Å². The molecule has 1 saturated carbocycles. The number of hydrogen-bond donors (Lipinski definition) is 0. The number of nitrogens with zero attached hydrogens (tertiary/aromatic N) is 1. The second-order valence-corrected chi connectivity index (χ2v) is 9.91. The molecule has 5 rings (SSSR count). The van der Waals surface area contributed by atoms with E-state index >= 15 is 0 Å². The van der Waals surface area contributed by atoms with Gasteiger partial charge in [-0.25, -0.2) is 0 Å². The Kier molecular flexibility index (Phi) is 5.37. The van der Waals surface area contributed by atoms with Crippen LogP contribution in [0.1, 0.15) is 59.4 Å². The molecule has 0 aliphatic heterocycles. The van der Waals surface area contributed by atoms with Crippen LogP contribution >= 0.6 is 0 Å².